The van der Waals surface area contributed by atoms with Crippen LogP contribution in [0.2, 0.25) is 0 Å². The van der Waals surface area contributed by atoms with Crippen molar-refractivity contribution in [3.8, 4) is 0 Å². The number of morpholine rings is 1. The topological polar surface area (TPSA) is 78.0 Å². The summed E-state index contributed by atoms with van der Waals surface area (Å²) in [7, 11) is 1.70. The van der Waals surface area contributed by atoms with Gasteiger partial charge in [-0.1, -0.05) is 24.3 Å². The predicted molar refractivity (Wildman–Crippen MR) is 124 cm³/mol. The highest BCUT2D eigenvalue weighted by Gasteiger charge is 2.15. The van der Waals surface area contributed by atoms with Gasteiger partial charge in [0, 0.05) is 38.8 Å². The number of benzene rings is 1. The lowest BCUT2D eigenvalue weighted by molar-refractivity contribution is -0.121. The average molecular weight is 503 g/mol. The highest BCUT2D eigenvalue weighted by Crippen LogP contribution is 2.13. The normalized spacial score (nSPS) is 15.5. The first-order valence-corrected chi connectivity index (χ1v) is 9.50. The first kappa shape index (κ1) is 24.6. The lowest BCUT2D eigenvalue weighted by Gasteiger charge is -2.27. The fraction of sp³-hybridized carbons (Fsp3) is 0.600. The van der Waals surface area contributed by atoms with Crippen LogP contribution in [0.3, 0.4) is 0 Å². The largest absolute Gasteiger partial charge is 0.379 e. The summed E-state index contributed by atoms with van der Waals surface area (Å²) < 4.78 is 5.43. The molecule has 1 heterocycles. The number of amides is 1. The Morgan fingerprint density at radius 2 is 1.79 bits per heavy atom. The van der Waals surface area contributed by atoms with Gasteiger partial charge in [-0.2, -0.15) is 0 Å². The van der Waals surface area contributed by atoms with Crippen molar-refractivity contribution in [3.63, 3.8) is 0 Å². The number of ether oxygens (including phenoxy) is 1. The molecule has 8 heteroatoms. The van der Waals surface area contributed by atoms with E-state index >= 15 is 0 Å². The molecule has 0 bridgehead atoms. The Balaban J connectivity index is 0.00000392. The number of nitrogens with zero attached hydrogens (tertiary/aromatic N) is 2. The van der Waals surface area contributed by atoms with Crippen molar-refractivity contribution in [2.24, 2.45) is 4.99 Å². The van der Waals surface area contributed by atoms with E-state index in [2.05, 4.69) is 44.0 Å². The van der Waals surface area contributed by atoms with Gasteiger partial charge in [0.1, 0.15) is 0 Å². The molecule has 0 aliphatic carbocycles. The Bertz CT molecular complexity index is 640. The van der Waals surface area contributed by atoms with Crippen molar-refractivity contribution in [1.29, 1.82) is 0 Å². The van der Waals surface area contributed by atoms with Gasteiger partial charge in [0.2, 0.25) is 5.91 Å². The Hall–Kier alpha value is -1.39. The molecule has 0 aromatic heterocycles. The highest BCUT2D eigenvalue weighted by atomic mass is 127. The Morgan fingerprint density at radius 1 is 1.14 bits per heavy atom. The summed E-state index contributed by atoms with van der Waals surface area (Å²) in [5, 5.41) is 9.29. The van der Waals surface area contributed by atoms with Crippen LogP contribution in [-0.4, -0.2) is 62.2 Å². The van der Waals surface area contributed by atoms with Gasteiger partial charge in [-0.05, 0) is 31.9 Å². The molecule has 0 atom stereocenters. The van der Waals surface area contributed by atoms with Crippen LogP contribution in [0.25, 0.3) is 0 Å². The monoisotopic (exact) mass is 503 g/mol. The van der Waals surface area contributed by atoms with E-state index in [0.29, 0.717) is 12.5 Å². The second-order valence-electron chi connectivity index (χ2n) is 7.73. The van der Waals surface area contributed by atoms with Crippen LogP contribution in [0.5, 0.6) is 0 Å². The van der Waals surface area contributed by atoms with Crippen molar-refractivity contribution in [1.82, 2.24) is 20.9 Å². The van der Waals surface area contributed by atoms with Crippen LogP contribution < -0.4 is 16.0 Å². The zero-order valence-corrected chi connectivity index (χ0v) is 19.7. The van der Waals surface area contributed by atoms with E-state index in [1.165, 1.54) is 11.1 Å². The molecule has 0 radical (unpaired) electrons. The first-order chi connectivity index (χ1) is 12.9. The van der Waals surface area contributed by atoms with Crippen molar-refractivity contribution in [2.45, 2.75) is 39.4 Å². The summed E-state index contributed by atoms with van der Waals surface area (Å²) in [4.78, 5) is 18.6. The predicted octanol–water partition coefficient (Wildman–Crippen LogP) is 1.72. The van der Waals surface area contributed by atoms with Crippen LogP contribution in [0.4, 0.5) is 0 Å². The number of carbonyl (C=O) groups is 1. The molecule has 3 N–H and O–H groups in total. The summed E-state index contributed by atoms with van der Waals surface area (Å²) in [6.07, 6.45) is 0. The third-order valence-electron chi connectivity index (χ3n) is 4.22. The molecule has 2 rings (SSSR count). The molecule has 1 aromatic rings. The SMILES string of the molecule is CN=C(NCC(=O)NC(C)(C)C)NCc1ccccc1CN1CCOCC1.I. The quantitative estimate of drug-likeness (QED) is 0.313. The van der Waals surface area contributed by atoms with E-state index in [1.807, 2.05) is 26.8 Å². The van der Waals surface area contributed by atoms with Gasteiger partial charge in [0.15, 0.2) is 5.96 Å². The zero-order chi connectivity index (χ0) is 19.7. The zero-order valence-electron chi connectivity index (χ0n) is 17.4. The molecular formula is C20H34IN5O2. The van der Waals surface area contributed by atoms with Gasteiger partial charge in [-0.25, -0.2) is 0 Å². The molecule has 1 aromatic carbocycles. The minimum atomic E-state index is -0.242. The number of aliphatic imine (C=N–C) groups is 1. The molecule has 1 aliphatic heterocycles. The summed E-state index contributed by atoms with van der Waals surface area (Å²) in [6, 6.07) is 8.41. The van der Waals surface area contributed by atoms with Gasteiger partial charge in [0.05, 0.1) is 19.8 Å². The van der Waals surface area contributed by atoms with Crippen molar-refractivity contribution in [2.75, 3.05) is 39.9 Å². The number of guanidine groups is 1. The van der Waals surface area contributed by atoms with Gasteiger partial charge < -0.3 is 20.7 Å². The van der Waals surface area contributed by atoms with E-state index in [0.717, 1.165) is 32.8 Å². The van der Waals surface area contributed by atoms with E-state index in [1.54, 1.807) is 7.05 Å². The fourth-order valence-electron chi connectivity index (χ4n) is 2.91. The smallest absolute Gasteiger partial charge is 0.239 e. The number of hydrogen-bond acceptors (Lipinski definition) is 4. The summed E-state index contributed by atoms with van der Waals surface area (Å²) >= 11 is 0. The summed E-state index contributed by atoms with van der Waals surface area (Å²) in [6.45, 7) is 11.2. The first-order valence-electron chi connectivity index (χ1n) is 9.50. The minimum absolute atomic E-state index is 0. The molecule has 28 heavy (non-hydrogen) atoms. The number of carbonyl (C=O) groups excluding carboxylic acids is 1. The van der Waals surface area contributed by atoms with Gasteiger partial charge in [-0.3, -0.25) is 14.7 Å². The van der Waals surface area contributed by atoms with E-state index in [-0.39, 0.29) is 42.0 Å². The van der Waals surface area contributed by atoms with Crippen LogP contribution in [-0.2, 0) is 22.6 Å². The molecule has 1 fully saturated rings. The third kappa shape index (κ3) is 9.20. The Kier molecular flexibility index (Phi) is 10.8. The van der Waals surface area contributed by atoms with Gasteiger partial charge in [-0.15, -0.1) is 24.0 Å². The minimum Gasteiger partial charge on any atom is -0.379 e. The molecular weight excluding hydrogens is 469 g/mol. The molecule has 158 valence electrons. The van der Waals surface area contributed by atoms with Crippen LogP contribution >= 0.6 is 24.0 Å². The molecule has 0 saturated carbocycles. The van der Waals surface area contributed by atoms with Crippen molar-refractivity contribution >= 4 is 35.8 Å². The maximum absolute atomic E-state index is 12.0. The fourth-order valence-corrected chi connectivity index (χ4v) is 2.91. The maximum Gasteiger partial charge on any atom is 0.239 e. The van der Waals surface area contributed by atoms with Crippen LogP contribution in [0, 0.1) is 0 Å². The molecule has 7 nitrogen and oxygen atoms in total. The van der Waals surface area contributed by atoms with Crippen molar-refractivity contribution < 1.29 is 9.53 Å². The van der Waals surface area contributed by atoms with E-state index in [9.17, 15) is 4.79 Å². The molecule has 1 amide bonds. The molecule has 0 unspecified atom stereocenters. The maximum atomic E-state index is 12.0. The van der Waals surface area contributed by atoms with Crippen molar-refractivity contribution in [3.05, 3.63) is 35.4 Å². The standard InChI is InChI=1S/C20H33N5O2.HI/c1-20(2,3)24-18(26)14-23-19(21-4)22-13-16-7-5-6-8-17(16)15-25-9-11-27-12-10-25;/h5-8H,9-15H2,1-4H3,(H,24,26)(H2,21,22,23);1H. The molecule has 1 aliphatic rings. The van der Waals surface area contributed by atoms with Gasteiger partial charge >= 0.3 is 0 Å². The molecule has 1 saturated heterocycles. The second-order valence-corrected chi connectivity index (χ2v) is 7.73. The van der Waals surface area contributed by atoms with Crippen LogP contribution in [0.15, 0.2) is 29.3 Å². The second kappa shape index (κ2) is 12.2. The number of nitrogens with one attached hydrogen (secondary N) is 3. The van der Waals surface area contributed by atoms with E-state index < -0.39 is 0 Å². The van der Waals surface area contributed by atoms with Crippen LogP contribution in [0.1, 0.15) is 31.9 Å². The number of rotatable bonds is 6. The molecule has 0 spiro atoms. The van der Waals surface area contributed by atoms with E-state index in [4.69, 9.17) is 4.74 Å². The highest BCUT2D eigenvalue weighted by molar-refractivity contribution is 14.0. The van der Waals surface area contributed by atoms with Gasteiger partial charge in [0.25, 0.3) is 0 Å². The lowest BCUT2D eigenvalue weighted by atomic mass is 10.1. The number of halogens is 1. The number of hydrogen-bond donors (Lipinski definition) is 3. The lowest BCUT2D eigenvalue weighted by Crippen LogP contribution is -2.48. The summed E-state index contributed by atoms with van der Waals surface area (Å²) in [5.74, 6) is 0.554. The summed E-state index contributed by atoms with van der Waals surface area (Å²) in [5.41, 5.74) is 2.28. The Morgan fingerprint density at radius 3 is 2.39 bits per heavy atom. The third-order valence-corrected chi connectivity index (χ3v) is 4.22. The Labute approximate surface area is 185 Å². The average Bonchev–Trinajstić information content (AvgIpc) is 2.62.